The molecule has 2 rings (SSSR count). The van der Waals surface area contributed by atoms with E-state index in [-0.39, 0.29) is 23.5 Å². The van der Waals surface area contributed by atoms with Gasteiger partial charge in [0.2, 0.25) is 0 Å². The average Bonchev–Trinajstić information content (AvgIpc) is 2.46. The first-order valence-electron chi connectivity index (χ1n) is 5.86. The molecule has 0 unspecified atom stereocenters. The van der Waals surface area contributed by atoms with Gasteiger partial charge in [-0.15, -0.1) is 0 Å². The summed E-state index contributed by atoms with van der Waals surface area (Å²) < 4.78 is 36.3. The van der Waals surface area contributed by atoms with Gasteiger partial charge in [0, 0.05) is 11.6 Å². The molecule has 2 aromatic rings. The minimum atomic E-state index is -0.694. The molecule has 0 aliphatic heterocycles. The lowest BCUT2D eigenvalue weighted by Gasteiger charge is -2.10. The summed E-state index contributed by atoms with van der Waals surface area (Å²) in [5, 5.41) is 0. The molecular formula is C15H12F2O3. The van der Waals surface area contributed by atoms with E-state index < -0.39 is 17.6 Å². The van der Waals surface area contributed by atoms with E-state index in [1.807, 2.05) is 0 Å². The first-order chi connectivity index (χ1) is 9.61. The van der Waals surface area contributed by atoms with Crippen molar-refractivity contribution in [1.82, 2.24) is 0 Å². The summed E-state index contributed by atoms with van der Waals surface area (Å²) >= 11 is 0. The number of ether oxygens (including phenoxy) is 2. The van der Waals surface area contributed by atoms with E-state index in [0.717, 1.165) is 12.1 Å². The van der Waals surface area contributed by atoms with Crippen LogP contribution in [0.2, 0.25) is 0 Å². The summed E-state index contributed by atoms with van der Waals surface area (Å²) in [4.78, 5) is 11.5. The topological polar surface area (TPSA) is 35.5 Å². The van der Waals surface area contributed by atoms with Crippen molar-refractivity contribution < 1.29 is 23.0 Å². The van der Waals surface area contributed by atoms with Crippen molar-refractivity contribution >= 4 is 5.97 Å². The van der Waals surface area contributed by atoms with Crippen LogP contribution in [0.15, 0.2) is 42.5 Å². The van der Waals surface area contributed by atoms with Gasteiger partial charge in [0.05, 0.1) is 7.11 Å². The number of hydrogen-bond acceptors (Lipinski definition) is 3. The van der Waals surface area contributed by atoms with Crippen LogP contribution in [0.3, 0.4) is 0 Å². The molecule has 0 aliphatic carbocycles. The molecule has 0 saturated heterocycles. The molecule has 0 fully saturated rings. The highest BCUT2D eigenvalue weighted by Gasteiger charge is 2.13. The zero-order valence-electron chi connectivity index (χ0n) is 10.7. The van der Waals surface area contributed by atoms with Crippen LogP contribution < -0.4 is 4.74 Å². The molecule has 5 heteroatoms. The van der Waals surface area contributed by atoms with Crippen LogP contribution in [0.4, 0.5) is 8.78 Å². The number of benzene rings is 2. The lowest BCUT2D eigenvalue weighted by atomic mass is 10.2. The van der Waals surface area contributed by atoms with Gasteiger partial charge in [-0.05, 0) is 24.3 Å². The standard InChI is InChI=1S/C15H12F2O3/c1-19-15(18)12-4-2-3-5-14(12)20-9-10-6-7-11(16)8-13(10)17/h2-8H,9H2,1H3. The van der Waals surface area contributed by atoms with Crippen molar-refractivity contribution in [3.63, 3.8) is 0 Å². The van der Waals surface area contributed by atoms with E-state index in [1.54, 1.807) is 24.3 Å². The van der Waals surface area contributed by atoms with Crippen LogP contribution in [0.5, 0.6) is 5.75 Å². The van der Waals surface area contributed by atoms with Crippen molar-refractivity contribution in [1.29, 1.82) is 0 Å². The largest absolute Gasteiger partial charge is 0.488 e. The lowest BCUT2D eigenvalue weighted by molar-refractivity contribution is 0.0595. The highest BCUT2D eigenvalue weighted by molar-refractivity contribution is 5.92. The number of rotatable bonds is 4. The molecule has 20 heavy (non-hydrogen) atoms. The number of methoxy groups -OCH3 is 1. The Labute approximate surface area is 114 Å². The minimum Gasteiger partial charge on any atom is -0.488 e. The summed E-state index contributed by atoms with van der Waals surface area (Å²) in [6.45, 7) is -0.111. The maximum absolute atomic E-state index is 13.5. The lowest BCUT2D eigenvalue weighted by Crippen LogP contribution is -2.06. The highest BCUT2D eigenvalue weighted by atomic mass is 19.1. The van der Waals surface area contributed by atoms with Crippen LogP contribution in [-0.2, 0) is 11.3 Å². The van der Waals surface area contributed by atoms with Crippen LogP contribution in [-0.4, -0.2) is 13.1 Å². The SMILES string of the molecule is COC(=O)c1ccccc1OCc1ccc(F)cc1F. The van der Waals surface area contributed by atoms with E-state index in [2.05, 4.69) is 4.74 Å². The van der Waals surface area contributed by atoms with Gasteiger partial charge >= 0.3 is 5.97 Å². The van der Waals surface area contributed by atoms with Crippen LogP contribution in [0.1, 0.15) is 15.9 Å². The summed E-state index contributed by atoms with van der Waals surface area (Å²) in [5.74, 6) is -1.61. The highest BCUT2D eigenvalue weighted by Crippen LogP contribution is 2.21. The maximum Gasteiger partial charge on any atom is 0.341 e. The fraction of sp³-hybridized carbons (Fsp3) is 0.133. The Kier molecular flexibility index (Phi) is 4.30. The second-order valence-electron chi connectivity index (χ2n) is 4.01. The smallest absolute Gasteiger partial charge is 0.341 e. The second-order valence-corrected chi connectivity index (χ2v) is 4.01. The Balaban J connectivity index is 2.17. The van der Waals surface area contributed by atoms with Crippen molar-refractivity contribution in [2.24, 2.45) is 0 Å². The molecule has 0 aromatic heterocycles. The van der Waals surface area contributed by atoms with Crippen molar-refractivity contribution in [3.05, 3.63) is 65.2 Å². The Bertz CT molecular complexity index is 626. The maximum atomic E-state index is 13.5. The zero-order valence-corrected chi connectivity index (χ0v) is 10.7. The Morgan fingerprint density at radius 1 is 1.15 bits per heavy atom. The molecule has 104 valence electrons. The van der Waals surface area contributed by atoms with Gasteiger partial charge in [0.15, 0.2) is 0 Å². The third-order valence-electron chi connectivity index (χ3n) is 2.69. The third-order valence-corrected chi connectivity index (χ3v) is 2.69. The van der Waals surface area contributed by atoms with Gasteiger partial charge in [-0.25, -0.2) is 13.6 Å². The van der Waals surface area contributed by atoms with Crippen molar-refractivity contribution in [2.75, 3.05) is 7.11 Å². The molecule has 0 bridgehead atoms. The van der Waals surface area contributed by atoms with Gasteiger partial charge in [0.25, 0.3) is 0 Å². The van der Waals surface area contributed by atoms with Crippen molar-refractivity contribution in [2.45, 2.75) is 6.61 Å². The van der Waals surface area contributed by atoms with Crippen LogP contribution >= 0.6 is 0 Å². The first-order valence-corrected chi connectivity index (χ1v) is 5.86. The summed E-state index contributed by atoms with van der Waals surface area (Å²) in [6, 6.07) is 9.70. The molecule has 0 radical (unpaired) electrons. The van der Waals surface area contributed by atoms with Gasteiger partial charge in [-0.3, -0.25) is 0 Å². The number of carbonyl (C=O) groups is 1. The first kappa shape index (κ1) is 14.0. The monoisotopic (exact) mass is 278 g/mol. The number of hydrogen-bond donors (Lipinski definition) is 0. The van der Waals surface area contributed by atoms with Crippen LogP contribution in [0.25, 0.3) is 0 Å². The van der Waals surface area contributed by atoms with E-state index in [9.17, 15) is 13.6 Å². The Hall–Kier alpha value is -2.43. The van der Waals surface area contributed by atoms with Crippen molar-refractivity contribution in [3.8, 4) is 5.75 Å². The molecular weight excluding hydrogens is 266 g/mol. The summed E-state index contributed by atoms with van der Waals surface area (Å²) in [7, 11) is 1.26. The second kappa shape index (κ2) is 6.14. The number of esters is 1. The summed E-state index contributed by atoms with van der Waals surface area (Å²) in [5.41, 5.74) is 0.448. The fourth-order valence-corrected chi connectivity index (χ4v) is 1.67. The zero-order chi connectivity index (χ0) is 14.5. The minimum absolute atomic E-state index is 0.111. The van der Waals surface area contributed by atoms with Gasteiger partial charge in [-0.1, -0.05) is 12.1 Å². The third kappa shape index (κ3) is 3.12. The average molecular weight is 278 g/mol. The predicted octanol–water partition coefficient (Wildman–Crippen LogP) is 3.33. The molecule has 0 aliphatic rings. The van der Waals surface area contributed by atoms with E-state index >= 15 is 0 Å². The number of para-hydroxylation sites is 1. The molecule has 2 aromatic carbocycles. The van der Waals surface area contributed by atoms with E-state index in [4.69, 9.17) is 4.74 Å². The van der Waals surface area contributed by atoms with Gasteiger partial charge < -0.3 is 9.47 Å². The molecule has 0 amide bonds. The number of carbonyl (C=O) groups excluding carboxylic acids is 1. The molecule has 3 nitrogen and oxygen atoms in total. The Morgan fingerprint density at radius 3 is 2.60 bits per heavy atom. The van der Waals surface area contributed by atoms with Gasteiger partial charge in [-0.2, -0.15) is 0 Å². The molecule has 0 heterocycles. The molecule has 0 saturated carbocycles. The van der Waals surface area contributed by atoms with E-state index in [0.29, 0.717) is 0 Å². The normalized spacial score (nSPS) is 10.2. The summed E-state index contributed by atoms with van der Waals surface area (Å²) in [6.07, 6.45) is 0. The predicted molar refractivity (Wildman–Crippen MR) is 68.5 cm³/mol. The molecule has 0 atom stereocenters. The van der Waals surface area contributed by atoms with Gasteiger partial charge in [0.1, 0.15) is 29.6 Å². The quantitative estimate of drug-likeness (QED) is 0.805. The molecule has 0 N–H and O–H groups in total. The number of halogens is 2. The molecule has 0 spiro atoms. The van der Waals surface area contributed by atoms with Crippen LogP contribution in [0, 0.1) is 11.6 Å². The fourth-order valence-electron chi connectivity index (χ4n) is 1.67. The Morgan fingerprint density at radius 2 is 1.90 bits per heavy atom. The van der Waals surface area contributed by atoms with E-state index in [1.165, 1.54) is 13.2 Å².